The molecule has 106 valence electrons. The molecule has 0 atom stereocenters. The minimum atomic E-state index is 0. The number of benzene rings is 1. The Balaban J connectivity index is -0.000000325. The number of amides is 1. The quantitative estimate of drug-likeness (QED) is 0.702. The Morgan fingerprint density at radius 1 is 0.944 bits per heavy atom. The zero-order valence-electron chi connectivity index (χ0n) is 13.3. The van der Waals surface area contributed by atoms with E-state index in [-0.39, 0.29) is 7.33 Å². The molecule has 0 bridgehead atoms. The molecule has 2 rings (SSSR count). The Kier molecular flexibility index (Phi) is 11.4. The Morgan fingerprint density at radius 2 is 1.39 bits per heavy atom. The van der Waals surface area contributed by atoms with Gasteiger partial charge < -0.3 is 5.32 Å². The summed E-state index contributed by atoms with van der Waals surface area (Å²) in [6, 6.07) is 4.06. The zero-order chi connectivity index (χ0) is 14.7. The summed E-state index contributed by atoms with van der Waals surface area (Å²) in [6.07, 6.45) is 0. The van der Waals surface area contributed by atoms with Crippen LogP contribution in [0, 0.1) is 13.8 Å². The van der Waals surface area contributed by atoms with Crippen LogP contribution >= 0.6 is 0 Å². The molecular formula is C16H31NO. The van der Waals surface area contributed by atoms with Crippen LogP contribution in [0.15, 0.2) is 12.1 Å². The molecular weight excluding hydrogens is 222 g/mol. The van der Waals surface area contributed by atoms with Gasteiger partial charge in [0.2, 0.25) is 0 Å². The van der Waals surface area contributed by atoms with Crippen LogP contribution in [0.1, 0.15) is 70.0 Å². The molecule has 1 aromatic carbocycles. The molecule has 2 heteroatoms. The van der Waals surface area contributed by atoms with E-state index in [1.165, 1.54) is 11.1 Å². The number of carbonyl (C=O) groups excluding carboxylic acids is 1. The van der Waals surface area contributed by atoms with Gasteiger partial charge in [-0.15, -0.1) is 0 Å². The lowest BCUT2D eigenvalue weighted by atomic mass is 10.00. The van der Waals surface area contributed by atoms with Crippen molar-refractivity contribution in [3.05, 3.63) is 34.4 Å². The van der Waals surface area contributed by atoms with Gasteiger partial charge in [-0.25, -0.2) is 0 Å². The second-order valence-corrected chi connectivity index (χ2v) is 3.24. The first-order valence-electron chi connectivity index (χ1n) is 7.07. The monoisotopic (exact) mass is 253 g/mol. The predicted octanol–water partition coefficient (Wildman–Crippen LogP) is 4.87. The normalized spacial score (nSPS) is 10.6. The molecule has 1 aromatic rings. The van der Waals surface area contributed by atoms with Gasteiger partial charge in [0, 0.05) is 13.5 Å². The topological polar surface area (TPSA) is 29.1 Å². The highest BCUT2D eigenvalue weighted by Gasteiger charge is 2.21. The van der Waals surface area contributed by atoms with Gasteiger partial charge in [-0.05, 0) is 30.5 Å². The molecule has 1 amide bonds. The first-order chi connectivity index (χ1) is 8.70. The fourth-order valence-corrected chi connectivity index (χ4v) is 1.67. The molecule has 0 fully saturated rings. The molecule has 0 unspecified atom stereocenters. The molecule has 18 heavy (non-hydrogen) atoms. The van der Waals surface area contributed by atoms with Gasteiger partial charge in [-0.3, -0.25) is 4.79 Å². The summed E-state index contributed by atoms with van der Waals surface area (Å²) in [6.45, 7) is 16.7. The summed E-state index contributed by atoms with van der Waals surface area (Å²) in [5.74, 6) is 0.0752. The molecule has 0 spiro atoms. The minimum absolute atomic E-state index is 0. The fourth-order valence-electron chi connectivity index (χ4n) is 1.67. The Morgan fingerprint density at radius 3 is 1.83 bits per heavy atom. The lowest BCUT2D eigenvalue weighted by molar-refractivity contribution is 0.0965. The van der Waals surface area contributed by atoms with Crippen LogP contribution in [0.25, 0.3) is 0 Å². The van der Waals surface area contributed by atoms with Gasteiger partial charge in [-0.2, -0.15) is 0 Å². The predicted molar refractivity (Wildman–Crippen MR) is 83.2 cm³/mol. The molecule has 1 aliphatic rings. The van der Waals surface area contributed by atoms with Gasteiger partial charge in [0.05, 0.1) is 0 Å². The lowest BCUT2D eigenvalue weighted by Gasteiger charge is -2.03. The Bertz CT molecular complexity index is 362. The van der Waals surface area contributed by atoms with Crippen LogP contribution in [0.4, 0.5) is 0 Å². The SMILES string of the molecule is CC.CC.CC.Cc1ccc(C)c2c1CNC2=O.[HH]. The van der Waals surface area contributed by atoms with Crippen molar-refractivity contribution in [2.24, 2.45) is 0 Å². The van der Waals surface area contributed by atoms with Crippen LogP contribution in [-0.4, -0.2) is 5.91 Å². The van der Waals surface area contributed by atoms with E-state index in [0.29, 0.717) is 6.54 Å². The van der Waals surface area contributed by atoms with Crippen LogP contribution in [0.3, 0.4) is 0 Å². The average molecular weight is 253 g/mol. The maximum absolute atomic E-state index is 11.3. The van der Waals surface area contributed by atoms with Crippen LogP contribution in [0.5, 0.6) is 0 Å². The third-order valence-corrected chi connectivity index (χ3v) is 2.41. The van der Waals surface area contributed by atoms with Crippen molar-refractivity contribution >= 4 is 5.91 Å². The van der Waals surface area contributed by atoms with E-state index in [1.807, 2.05) is 61.5 Å². The largest absolute Gasteiger partial charge is 0.348 e. The second kappa shape index (κ2) is 10.8. The summed E-state index contributed by atoms with van der Waals surface area (Å²) in [5.41, 5.74) is 4.33. The highest BCUT2D eigenvalue weighted by molar-refractivity contribution is 6.00. The number of aryl methyl sites for hydroxylation is 2. The van der Waals surface area contributed by atoms with Crippen molar-refractivity contribution in [3.8, 4) is 0 Å². The van der Waals surface area contributed by atoms with Crippen molar-refractivity contribution in [3.63, 3.8) is 0 Å². The number of rotatable bonds is 0. The van der Waals surface area contributed by atoms with Crippen molar-refractivity contribution < 1.29 is 6.22 Å². The van der Waals surface area contributed by atoms with Gasteiger partial charge in [0.1, 0.15) is 0 Å². The smallest absolute Gasteiger partial charge is 0.252 e. The molecule has 0 saturated carbocycles. The van der Waals surface area contributed by atoms with E-state index in [2.05, 4.69) is 11.4 Å². The lowest BCUT2D eigenvalue weighted by Crippen LogP contribution is -2.13. The van der Waals surface area contributed by atoms with Crippen molar-refractivity contribution in [1.82, 2.24) is 5.32 Å². The van der Waals surface area contributed by atoms with E-state index in [0.717, 1.165) is 11.1 Å². The van der Waals surface area contributed by atoms with Gasteiger partial charge >= 0.3 is 0 Å². The van der Waals surface area contributed by atoms with Crippen LogP contribution in [0.2, 0.25) is 0 Å². The standard InChI is InChI=1S/C10H11NO.3C2H6.H2/c1-6-3-4-7(2)9-8(6)5-11-10(9)12;3*1-2;/h3-4H,5H2,1-2H3,(H,11,12);3*1-2H3;1H. The van der Waals surface area contributed by atoms with Crippen LogP contribution < -0.4 is 5.32 Å². The number of fused-ring (bicyclic) bond motifs is 1. The fraction of sp³-hybridized carbons (Fsp3) is 0.562. The molecule has 2 nitrogen and oxygen atoms in total. The second-order valence-electron chi connectivity index (χ2n) is 3.24. The third-order valence-electron chi connectivity index (χ3n) is 2.41. The van der Waals surface area contributed by atoms with Crippen molar-refractivity contribution in [2.45, 2.75) is 61.9 Å². The highest BCUT2D eigenvalue weighted by atomic mass is 16.1. The molecule has 1 heterocycles. The maximum Gasteiger partial charge on any atom is 0.252 e. The van der Waals surface area contributed by atoms with E-state index >= 15 is 0 Å². The molecule has 0 aromatic heterocycles. The molecule has 1 aliphatic heterocycles. The summed E-state index contributed by atoms with van der Waals surface area (Å²) < 4.78 is 0. The number of hydrogen-bond donors (Lipinski definition) is 1. The third kappa shape index (κ3) is 4.52. The summed E-state index contributed by atoms with van der Waals surface area (Å²) in [4.78, 5) is 11.3. The summed E-state index contributed by atoms with van der Waals surface area (Å²) >= 11 is 0. The van der Waals surface area contributed by atoms with Crippen molar-refractivity contribution in [2.75, 3.05) is 0 Å². The van der Waals surface area contributed by atoms with E-state index in [4.69, 9.17) is 0 Å². The number of hydrogen-bond acceptors (Lipinski definition) is 1. The Labute approximate surface area is 114 Å². The maximum atomic E-state index is 11.3. The number of carbonyl (C=O) groups is 1. The van der Waals surface area contributed by atoms with Gasteiger partial charge in [0.25, 0.3) is 5.91 Å². The van der Waals surface area contributed by atoms with E-state index < -0.39 is 0 Å². The first-order valence-corrected chi connectivity index (χ1v) is 7.07. The summed E-state index contributed by atoms with van der Waals surface area (Å²) in [5, 5.41) is 2.83. The van der Waals surface area contributed by atoms with Gasteiger partial charge in [0.15, 0.2) is 0 Å². The number of nitrogens with one attached hydrogen (secondary N) is 1. The van der Waals surface area contributed by atoms with Crippen LogP contribution in [-0.2, 0) is 6.54 Å². The molecule has 0 radical (unpaired) electrons. The molecule has 0 aliphatic carbocycles. The summed E-state index contributed by atoms with van der Waals surface area (Å²) in [7, 11) is 0. The van der Waals surface area contributed by atoms with Crippen molar-refractivity contribution in [1.29, 1.82) is 0 Å². The van der Waals surface area contributed by atoms with Gasteiger partial charge in [-0.1, -0.05) is 53.7 Å². The molecule has 1 N–H and O–H groups in total. The van der Waals surface area contributed by atoms with E-state index in [1.54, 1.807) is 0 Å². The average Bonchev–Trinajstić information content (AvgIpc) is 2.84. The highest BCUT2D eigenvalue weighted by Crippen LogP contribution is 2.22. The first kappa shape index (κ1) is 19.0. The molecule has 0 saturated heterocycles. The zero-order valence-corrected chi connectivity index (χ0v) is 13.3. The minimum Gasteiger partial charge on any atom is -0.348 e. The van der Waals surface area contributed by atoms with E-state index in [9.17, 15) is 4.79 Å². The Hall–Kier alpha value is -1.31.